The van der Waals surface area contributed by atoms with Crippen molar-refractivity contribution < 1.29 is 29.0 Å². The zero-order valence-electron chi connectivity index (χ0n) is 25.7. The number of hydrogen-bond acceptors (Lipinski definition) is 9. The van der Waals surface area contributed by atoms with Gasteiger partial charge in [-0.15, -0.1) is 0 Å². The minimum atomic E-state index is -1.37. The molecule has 6 atom stereocenters. The van der Waals surface area contributed by atoms with E-state index in [0.717, 1.165) is 32.1 Å². The van der Waals surface area contributed by atoms with Crippen LogP contribution in [0.25, 0.3) is 0 Å². The van der Waals surface area contributed by atoms with Gasteiger partial charge in [0, 0.05) is 12.5 Å². The standard InChI is InChI=1S/C30H49N7O6/c1-29(2,3)43-28(42)31-22-15-11-6-4-5-10-14-20-17-30(20,27(40)41)32-25(38)23-16-21(18-36(23)26(22)39)37-34-24(33-35-37)19-12-8-7-9-13-19/h10,14,19-24,33-35H,4-9,11-13,15-18H2,1-3H3,(H,31,42)(H,32,38)(H,40,41)/b14-10-/t20-,21+,22-,23+,24?,30+/m1/s1. The molecule has 2 aliphatic carbocycles. The van der Waals surface area contributed by atoms with Crippen LogP contribution < -0.4 is 27.0 Å². The Kier molecular flexibility index (Phi) is 9.64. The second-order valence-electron chi connectivity index (χ2n) is 13.9. The van der Waals surface area contributed by atoms with Gasteiger partial charge in [0.2, 0.25) is 11.8 Å². The summed E-state index contributed by atoms with van der Waals surface area (Å²) >= 11 is 0. The molecule has 5 aliphatic rings. The first-order valence-corrected chi connectivity index (χ1v) is 16.1. The molecule has 0 aromatic rings. The highest BCUT2D eigenvalue weighted by Crippen LogP contribution is 2.45. The number of nitrogens with one attached hydrogen (secondary N) is 5. The summed E-state index contributed by atoms with van der Waals surface area (Å²) in [6.45, 7) is 5.51. The molecule has 3 heterocycles. The highest BCUT2D eigenvalue weighted by atomic mass is 16.6. The molecule has 3 amide bonds. The zero-order valence-corrected chi connectivity index (χ0v) is 25.7. The number of aliphatic carboxylic acids is 1. The summed E-state index contributed by atoms with van der Waals surface area (Å²) in [5.74, 6) is -1.74. The van der Waals surface area contributed by atoms with Crippen molar-refractivity contribution in [1.29, 1.82) is 0 Å². The highest BCUT2D eigenvalue weighted by Gasteiger charge is 2.61. The SMILES string of the molecule is CC(C)(C)OC(=O)N[C@@H]1CCCCC/C=C\[C@@H]2C[C@]2(C(=O)O)NC(=O)[C@@H]2C[C@H](N3NNC(C4CCCCC4)N3)CN2C1=O. The van der Waals surface area contributed by atoms with Crippen LogP contribution >= 0.6 is 0 Å². The Bertz CT molecular complexity index is 1090. The number of carboxylic acids is 1. The van der Waals surface area contributed by atoms with Crippen LogP contribution in [0.2, 0.25) is 0 Å². The monoisotopic (exact) mass is 603 g/mol. The first kappa shape index (κ1) is 31.7. The number of alkyl carbamates (subject to hydrolysis) is 1. The molecule has 0 aromatic carbocycles. The van der Waals surface area contributed by atoms with Crippen LogP contribution in [0.4, 0.5) is 4.79 Å². The summed E-state index contributed by atoms with van der Waals surface area (Å²) < 4.78 is 5.47. The van der Waals surface area contributed by atoms with Crippen molar-refractivity contribution in [3.8, 4) is 0 Å². The van der Waals surface area contributed by atoms with Crippen LogP contribution in [0.5, 0.6) is 0 Å². The van der Waals surface area contributed by atoms with Gasteiger partial charge in [-0.3, -0.25) is 9.59 Å². The third-order valence-electron chi connectivity index (χ3n) is 9.43. The summed E-state index contributed by atoms with van der Waals surface area (Å²) in [6.07, 6.45) is 13.4. The summed E-state index contributed by atoms with van der Waals surface area (Å²) in [4.78, 5) is 54.6. The maximum absolute atomic E-state index is 14.2. The molecule has 13 heteroatoms. The van der Waals surface area contributed by atoms with E-state index >= 15 is 0 Å². The smallest absolute Gasteiger partial charge is 0.408 e. The second kappa shape index (κ2) is 13.1. The fraction of sp³-hybridized carbons (Fsp3) is 0.800. The van der Waals surface area contributed by atoms with Crippen molar-refractivity contribution in [2.24, 2.45) is 11.8 Å². The molecule has 2 saturated carbocycles. The number of nitrogens with zero attached hydrogens (tertiary/aromatic N) is 2. The van der Waals surface area contributed by atoms with Crippen molar-refractivity contribution in [1.82, 2.24) is 37.0 Å². The first-order chi connectivity index (χ1) is 20.5. The van der Waals surface area contributed by atoms with Crippen molar-refractivity contribution in [3.05, 3.63) is 12.2 Å². The number of carbonyl (C=O) groups is 4. The molecule has 0 spiro atoms. The van der Waals surface area contributed by atoms with Gasteiger partial charge >= 0.3 is 12.1 Å². The van der Waals surface area contributed by atoms with Gasteiger partial charge in [-0.1, -0.05) is 44.3 Å². The predicted molar refractivity (Wildman–Crippen MR) is 158 cm³/mol. The van der Waals surface area contributed by atoms with Gasteiger partial charge in [0.1, 0.15) is 23.2 Å². The quantitative estimate of drug-likeness (QED) is 0.262. The Balaban J connectivity index is 1.37. The van der Waals surface area contributed by atoms with Crippen molar-refractivity contribution >= 4 is 23.9 Å². The summed E-state index contributed by atoms with van der Waals surface area (Å²) in [5, 5.41) is 17.5. The third-order valence-corrected chi connectivity index (χ3v) is 9.43. The van der Waals surface area contributed by atoms with E-state index in [1.807, 2.05) is 17.3 Å². The molecule has 0 radical (unpaired) electrons. The van der Waals surface area contributed by atoms with E-state index in [9.17, 15) is 24.3 Å². The molecular weight excluding hydrogens is 554 g/mol. The lowest BCUT2D eigenvalue weighted by Gasteiger charge is -2.30. The molecule has 0 bridgehead atoms. The minimum absolute atomic E-state index is 0.0405. The number of carboxylic acid groups (broad SMARTS) is 1. The lowest BCUT2D eigenvalue weighted by Crippen LogP contribution is -2.56. The average molecular weight is 604 g/mol. The topological polar surface area (TPSA) is 164 Å². The molecule has 4 fully saturated rings. The van der Waals surface area contributed by atoms with Gasteiger partial charge in [-0.25, -0.2) is 20.4 Å². The van der Waals surface area contributed by atoms with E-state index in [1.165, 1.54) is 24.2 Å². The number of hydrogen-bond donors (Lipinski definition) is 6. The van der Waals surface area contributed by atoms with Gasteiger partial charge in [0.05, 0.1) is 12.2 Å². The Morgan fingerprint density at radius 2 is 1.79 bits per heavy atom. The number of ether oxygens (including phenoxy) is 1. The Morgan fingerprint density at radius 3 is 2.51 bits per heavy atom. The Hall–Kier alpha value is -2.74. The van der Waals surface area contributed by atoms with Crippen LogP contribution in [0.3, 0.4) is 0 Å². The van der Waals surface area contributed by atoms with E-state index in [2.05, 4.69) is 27.0 Å². The molecular formula is C30H49N7O6. The number of amides is 3. The maximum Gasteiger partial charge on any atom is 0.408 e. The number of rotatable bonds is 4. The zero-order chi connectivity index (χ0) is 30.8. The lowest BCUT2D eigenvalue weighted by atomic mass is 9.87. The van der Waals surface area contributed by atoms with E-state index in [0.29, 0.717) is 31.6 Å². The average Bonchev–Trinajstić information content (AvgIpc) is 3.28. The lowest BCUT2D eigenvalue weighted by molar-refractivity contribution is -0.145. The van der Waals surface area contributed by atoms with Crippen molar-refractivity contribution in [3.63, 3.8) is 0 Å². The molecule has 240 valence electrons. The van der Waals surface area contributed by atoms with Gasteiger partial charge in [-0.05, 0) is 71.6 Å². The first-order valence-electron chi connectivity index (χ1n) is 16.1. The molecule has 13 nitrogen and oxygen atoms in total. The number of fused-ring (bicyclic) bond motifs is 2. The Labute approximate surface area is 253 Å². The second-order valence-corrected chi connectivity index (χ2v) is 13.9. The highest BCUT2D eigenvalue weighted by molar-refractivity contribution is 5.96. The number of allylic oxidation sites excluding steroid dienone is 1. The molecule has 43 heavy (non-hydrogen) atoms. The van der Waals surface area contributed by atoms with Gasteiger partial charge in [0.15, 0.2) is 0 Å². The maximum atomic E-state index is 14.2. The van der Waals surface area contributed by atoms with Crippen LogP contribution in [-0.4, -0.2) is 81.0 Å². The third kappa shape index (κ3) is 7.50. The van der Waals surface area contributed by atoms with E-state index < -0.39 is 41.2 Å². The number of hydrazine groups is 3. The minimum Gasteiger partial charge on any atom is -0.479 e. The summed E-state index contributed by atoms with van der Waals surface area (Å²) in [5.41, 5.74) is 7.94. The van der Waals surface area contributed by atoms with Gasteiger partial charge < -0.3 is 25.4 Å². The molecule has 2 saturated heterocycles. The Morgan fingerprint density at radius 1 is 1.07 bits per heavy atom. The van der Waals surface area contributed by atoms with E-state index in [1.54, 1.807) is 20.8 Å². The summed E-state index contributed by atoms with van der Waals surface area (Å²) in [7, 11) is 0. The van der Waals surface area contributed by atoms with Crippen molar-refractivity contribution in [2.45, 2.75) is 133 Å². The largest absolute Gasteiger partial charge is 0.479 e. The van der Waals surface area contributed by atoms with Crippen molar-refractivity contribution in [2.75, 3.05) is 6.54 Å². The van der Waals surface area contributed by atoms with E-state index in [-0.39, 0.29) is 30.6 Å². The molecule has 3 aliphatic heterocycles. The van der Waals surface area contributed by atoms with Gasteiger partial charge in [0.25, 0.3) is 0 Å². The number of carbonyl (C=O) groups excluding carboxylic acids is 3. The summed E-state index contributed by atoms with van der Waals surface area (Å²) in [6, 6.07) is -2.04. The van der Waals surface area contributed by atoms with E-state index in [4.69, 9.17) is 4.74 Å². The molecule has 6 N–H and O–H groups in total. The fourth-order valence-corrected chi connectivity index (χ4v) is 6.96. The van der Waals surface area contributed by atoms with Crippen LogP contribution in [0.15, 0.2) is 12.2 Å². The van der Waals surface area contributed by atoms with Crippen LogP contribution in [-0.2, 0) is 19.1 Å². The normalized spacial score (nSPS) is 35.6. The van der Waals surface area contributed by atoms with Crippen LogP contribution in [0.1, 0.15) is 97.8 Å². The molecule has 5 rings (SSSR count). The fourth-order valence-electron chi connectivity index (χ4n) is 6.96. The van der Waals surface area contributed by atoms with Crippen LogP contribution in [0, 0.1) is 11.8 Å². The predicted octanol–water partition coefficient (Wildman–Crippen LogP) is 2.06. The molecule has 0 aromatic heterocycles. The molecule has 1 unspecified atom stereocenters. The van der Waals surface area contributed by atoms with Gasteiger partial charge in [-0.2, -0.15) is 10.7 Å².